The smallest absolute Gasteiger partial charge is 0.274 e. The van der Waals surface area contributed by atoms with E-state index in [9.17, 15) is 4.79 Å². The predicted octanol–water partition coefficient (Wildman–Crippen LogP) is 3.48. The average Bonchev–Trinajstić information content (AvgIpc) is 3.10. The van der Waals surface area contributed by atoms with Crippen molar-refractivity contribution >= 4 is 16.7 Å². The maximum absolute atomic E-state index is 12.7. The number of carbonyl (C=O) groups is 1. The normalized spacial score (nSPS) is 17.3. The highest BCUT2D eigenvalue weighted by Crippen LogP contribution is 2.26. The van der Waals surface area contributed by atoms with Crippen molar-refractivity contribution in [3.8, 4) is 0 Å². The molecule has 120 valence electrons. The fraction of sp³-hybridized carbons (Fsp3) is 0.250. The van der Waals surface area contributed by atoms with Crippen LogP contribution in [0.1, 0.15) is 28.9 Å². The highest BCUT2D eigenvalue weighted by molar-refractivity contribution is 5.92. The summed E-state index contributed by atoms with van der Waals surface area (Å²) in [6, 6.07) is 15.1. The summed E-state index contributed by atoms with van der Waals surface area (Å²) >= 11 is 0. The van der Waals surface area contributed by atoms with Crippen molar-refractivity contribution in [3.63, 3.8) is 0 Å². The van der Waals surface area contributed by atoms with Crippen LogP contribution in [0.5, 0.6) is 0 Å². The number of benzene rings is 2. The first-order valence-corrected chi connectivity index (χ1v) is 8.36. The van der Waals surface area contributed by atoms with Gasteiger partial charge in [0.1, 0.15) is 5.69 Å². The number of carbonyl (C=O) groups excluding carboxylic acids is 1. The lowest BCUT2D eigenvalue weighted by Gasteiger charge is -2.25. The Hall–Kier alpha value is -2.75. The molecule has 1 aliphatic heterocycles. The third kappa shape index (κ3) is 2.75. The minimum Gasteiger partial charge on any atom is -0.334 e. The van der Waals surface area contributed by atoms with Crippen molar-refractivity contribution in [2.45, 2.75) is 25.3 Å². The van der Waals surface area contributed by atoms with E-state index in [0.717, 1.165) is 25.8 Å². The summed E-state index contributed by atoms with van der Waals surface area (Å²) in [5.74, 6) is -0.00848. The highest BCUT2D eigenvalue weighted by Gasteiger charge is 2.30. The zero-order valence-corrected chi connectivity index (χ0v) is 13.4. The van der Waals surface area contributed by atoms with Gasteiger partial charge in [0.2, 0.25) is 0 Å². The molecule has 1 saturated heterocycles. The van der Waals surface area contributed by atoms with Crippen LogP contribution >= 0.6 is 0 Å². The molecule has 24 heavy (non-hydrogen) atoms. The molecule has 0 radical (unpaired) electrons. The quantitative estimate of drug-likeness (QED) is 0.743. The molecule has 2 aromatic carbocycles. The van der Waals surface area contributed by atoms with Gasteiger partial charge in [0.25, 0.3) is 5.91 Å². The highest BCUT2D eigenvalue weighted by atomic mass is 16.2. The average molecular weight is 317 g/mol. The molecule has 1 amide bonds. The molecule has 1 atom stereocenters. The van der Waals surface area contributed by atoms with E-state index in [2.05, 4.69) is 52.4 Å². The summed E-state index contributed by atoms with van der Waals surface area (Å²) in [6.07, 6.45) is 7.68. The van der Waals surface area contributed by atoms with Crippen LogP contribution in [0.2, 0.25) is 0 Å². The second kappa shape index (κ2) is 6.40. The lowest BCUT2D eigenvalue weighted by molar-refractivity contribution is 0.0730. The van der Waals surface area contributed by atoms with Crippen LogP contribution in [0.3, 0.4) is 0 Å². The number of likely N-dealkylation sites (tertiary alicyclic amines) is 1. The summed E-state index contributed by atoms with van der Waals surface area (Å²) in [5, 5.41) is 2.53. The van der Waals surface area contributed by atoms with Crippen LogP contribution in [0, 0.1) is 0 Å². The molecule has 4 heteroatoms. The molecule has 4 rings (SSSR count). The van der Waals surface area contributed by atoms with Gasteiger partial charge >= 0.3 is 0 Å². The van der Waals surface area contributed by atoms with E-state index >= 15 is 0 Å². The van der Waals surface area contributed by atoms with E-state index in [0.29, 0.717) is 5.69 Å². The molecule has 0 bridgehead atoms. The van der Waals surface area contributed by atoms with E-state index in [1.54, 1.807) is 18.6 Å². The second-order valence-electron chi connectivity index (χ2n) is 6.23. The molecule has 3 aromatic rings. The maximum Gasteiger partial charge on any atom is 0.274 e. The van der Waals surface area contributed by atoms with Crippen molar-refractivity contribution in [1.29, 1.82) is 0 Å². The SMILES string of the molecule is O=C(c1cnccn1)N1CCCC1Cc1cccc2ccccc12. The standard InChI is InChI=1S/C20H19N3O/c24-20(19-14-21-10-11-22-19)23-12-4-8-17(23)13-16-7-3-6-15-5-1-2-9-18(15)16/h1-3,5-7,9-11,14,17H,4,8,12-13H2. The Bertz CT molecular complexity index is 858. The van der Waals surface area contributed by atoms with Gasteiger partial charge in [-0.1, -0.05) is 42.5 Å². The molecule has 0 N–H and O–H groups in total. The van der Waals surface area contributed by atoms with Crippen LogP contribution in [0.4, 0.5) is 0 Å². The second-order valence-corrected chi connectivity index (χ2v) is 6.23. The lowest BCUT2D eigenvalue weighted by Crippen LogP contribution is -2.37. The fourth-order valence-electron chi connectivity index (χ4n) is 3.60. The van der Waals surface area contributed by atoms with Crippen molar-refractivity contribution in [2.24, 2.45) is 0 Å². The number of fused-ring (bicyclic) bond motifs is 1. The van der Waals surface area contributed by atoms with Gasteiger partial charge in [0.05, 0.1) is 6.20 Å². The maximum atomic E-state index is 12.7. The number of nitrogens with zero attached hydrogens (tertiary/aromatic N) is 3. The van der Waals surface area contributed by atoms with E-state index in [-0.39, 0.29) is 11.9 Å². The third-order valence-electron chi connectivity index (χ3n) is 4.76. The van der Waals surface area contributed by atoms with Gasteiger partial charge in [-0.3, -0.25) is 9.78 Å². The molecule has 1 unspecified atom stereocenters. The van der Waals surface area contributed by atoms with Gasteiger partial charge in [-0.05, 0) is 35.6 Å². The van der Waals surface area contributed by atoms with Gasteiger partial charge in [-0.15, -0.1) is 0 Å². The summed E-state index contributed by atoms with van der Waals surface area (Å²) < 4.78 is 0. The van der Waals surface area contributed by atoms with Gasteiger partial charge in [0, 0.05) is 25.0 Å². The number of aromatic nitrogens is 2. The number of hydrogen-bond donors (Lipinski definition) is 0. The molecule has 0 aliphatic carbocycles. The number of rotatable bonds is 3. The molecule has 1 aliphatic rings. The molecule has 1 aromatic heterocycles. The Labute approximate surface area is 141 Å². The molecular weight excluding hydrogens is 298 g/mol. The van der Waals surface area contributed by atoms with Gasteiger partial charge in [0.15, 0.2) is 0 Å². The Kier molecular flexibility index (Phi) is 3.95. The lowest BCUT2D eigenvalue weighted by atomic mass is 9.97. The van der Waals surface area contributed by atoms with Crippen LogP contribution in [0.15, 0.2) is 61.1 Å². The van der Waals surface area contributed by atoms with Gasteiger partial charge in [-0.25, -0.2) is 4.98 Å². The summed E-state index contributed by atoms with van der Waals surface area (Å²) in [7, 11) is 0. The van der Waals surface area contributed by atoms with Crippen molar-refractivity contribution in [1.82, 2.24) is 14.9 Å². The number of amides is 1. The fourth-order valence-corrected chi connectivity index (χ4v) is 3.60. The van der Waals surface area contributed by atoms with E-state index < -0.39 is 0 Å². The summed E-state index contributed by atoms with van der Waals surface area (Å²) in [6.45, 7) is 0.796. The van der Waals surface area contributed by atoms with Crippen LogP contribution < -0.4 is 0 Å². The summed E-state index contributed by atoms with van der Waals surface area (Å²) in [5.41, 5.74) is 1.74. The van der Waals surface area contributed by atoms with Gasteiger partial charge in [-0.2, -0.15) is 0 Å². The van der Waals surface area contributed by atoms with Crippen LogP contribution in [-0.4, -0.2) is 33.4 Å². The minimum atomic E-state index is -0.00848. The topological polar surface area (TPSA) is 46.1 Å². The van der Waals surface area contributed by atoms with Crippen molar-refractivity contribution in [3.05, 3.63) is 72.3 Å². The first kappa shape index (κ1) is 14.8. The molecule has 0 spiro atoms. The Balaban J connectivity index is 1.60. The Morgan fingerprint density at radius 1 is 1.12 bits per heavy atom. The van der Waals surface area contributed by atoms with Crippen LogP contribution in [-0.2, 0) is 6.42 Å². The van der Waals surface area contributed by atoms with E-state index in [1.165, 1.54) is 16.3 Å². The largest absolute Gasteiger partial charge is 0.334 e. The predicted molar refractivity (Wildman–Crippen MR) is 93.7 cm³/mol. The minimum absolute atomic E-state index is 0.00848. The van der Waals surface area contributed by atoms with Gasteiger partial charge < -0.3 is 4.90 Å². The van der Waals surface area contributed by atoms with E-state index in [1.807, 2.05) is 4.90 Å². The van der Waals surface area contributed by atoms with Crippen molar-refractivity contribution < 1.29 is 4.79 Å². The zero-order chi connectivity index (χ0) is 16.4. The Morgan fingerprint density at radius 3 is 2.88 bits per heavy atom. The molecular formula is C20H19N3O. The monoisotopic (exact) mass is 317 g/mol. The number of hydrogen-bond acceptors (Lipinski definition) is 3. The first-order chi connectivity index (χ1) is 11.8. The van der Waals surface area contributed by atoms with Crippen molar-refractivity contribution in [2.75, 3.05) is 6.54 Å². The third-order valence-corrected chi connectivity index (χ3v) is 4.76. The van der Waals surface area contributed by atoms with E-state index in [4.69, 9.17) is 0 Å². The zero-order valence-electron chi connectivity index (χ0n) is 13.4. The molecule has 1 fully saturated rings. The molecule has 0 saturated carbocycles. The summed E-state index contributed by atoms with van der Waals surface area (Å²) in [4.78, 5) is 22.9. The molecule has 4 nitrogen and oxygen atoms in total. The van der Waals surface area contributed by atoms with Crippen LogP contribution in [0.25, 0.3) is 10.8 Å². The Morgan fingerprint density at radius 2 is 2.00 bits per heavy atom. The molecule has 2 heterocycles. The first-order valence-electron chi connectivity index (χ1n) is 8.36.